The van der Waals surface area contributed by atoms with E-state index in [1.165, 1.54) is 4.68 Å². The lowest BCUT2D eigenvalue weighted by Gasteiger charge is -2.31. The number of carbonyl (C=O) groups is 1. The van der Waals surface area contributed by atoms with E-state index in [1.54, 1.807) is 28.5 Å². The average molecular weight is 420 g/mol. The molecule has 7 nitrogen and oxygen atoms in total. The van der Waals surface area contributed by atoms with Crippen molar-refractivity contribution in [3.05, 3.63) is 75.9 Å². The summed E-state index contributed by atoms with van der Waals surface area (Å²) in [5.41, 5.74) is 4.09. The van der Waals surface area contributed by atoms with Crippen molar-refractivity contribution in [3.8, 4) is 5.69 Å². The molecule has 0 aliphatic carbocycles. The second kappa shape index (κ2) is 7.53. The predicted molar refractivity (Wildman–Crippen MR) is 116 cm³/mol. The summed E-state index contributed by atoms with van der Waals surface area (Å²) in [5.74, 6) is 0.948. The Morgan fingerprint density at radius 3 is 2.63 bits per heavy atom. The number of likely N-dealkylation sites (tertiary alicyclic amines) is 1. The van der Waals surface area contributed by atoms with Gasteiger partial charge in [0.2, 0.25) is 0 Å². The number of aromatic nitrogens is 4. The van der Waals surface area contributed by atoms with Gasteiger partial charge in [0.05, 0.1) is 21.4 Å². The molecule has 8 heteroatoms. The highest BCUT2D eigenvalue weighted by atomic mass is 32.1. The number of hydrogen-bond acceptors (Lipinski definition) is 5. The standard InChI is InChI=1S/C22H21N5O2S/c1-25-22(29)27(17-5-3-2-4-6-17)20(24-25)15-9-11-26(12-10-15)21(28)16-7-8-18-19(13-16)30-14-23-18/h2-8,13-15H,9-12H2,1H3. The van der Waals surface area contributed by atoms with Gasteiger partial charge in [-0.1, -0.05) is 18.2 Å². The number of amides is 1. The lowest BCUT2D eigenvalue weighted by Crippen LogP contribution is -2.38. The van der Waals surface area contributed by atoms with E-state index in [9.17, 15) is 9.59 Å². The molecular formula is C22H21N5O2S. The number of fused-ring (bicyclic) bond motifs is 1. The number of para-hydroxylation sites is 1. The zero-order valence-corrected chi connectivity index (χ0v) is 17.4. The molecule has 3 heterocycles. The van der Waals surface area contributed by atoms with Gasteiger partial charge in [-0.05, 0) is 43.2 Å². The highest BCUT2D eigenvalue weighted by Crippen LogP contribution is 2.29. The molecule has 5 rings (SSSR count). The Morgan fingerprint density at radius 2 is 1.87 bits per heavy atom. The number of piperidine rings is 1. The zero-order chi connectivity index (χ0) is 20.7. The molecule has 0 atom stereocenters. The summed E-state index contributed by atoms with van der Waals surface area (Å²) in [7, 11) is 1.68. The van der Waals surface area contributed by atoms with E-state index in [-0.39, 0.29) is 17.5 Å². The molecule has 1 aliphatic rings. The summed E-state index contributed by atoms with van der Waals surface area (Å²) >= 11 is 1.54. The summed E-state index contributed by atoms with van der Waals surface area (Å²) in [6, 6.07) is 15.3. The van der Waals surface area contributed by atoms with Crippen LogP contribution in [0.5, 0.6) is 0 Å². The highest BCUT2D eigenvalue weighted by Gasteiger charge is 2.29. The molecule has 152 valence electrons. The lowest BCUT2D eigenvalue weighted by atomic mass is 9.95. The highest BCUT2D eigenvalue weighted by molar-refractivity contribution is 7.16. The van der Waals surface area contributed by atoms with Crippen molar-refractivity contribution in [1.82, 2.24) is 24.2 Å². The fourth-order valence-corrected chi connectivity index (χ4v) is 4.80. The van der Waals surface area contributed by atoms with Crippen LogP contribution in [0.15, 0.2) is 58.8 Å². The van der Waals surface area contributed by atoms with Crippen molar-refractivity contribution in [1.29, 1.82) is 0 Å². The number of nitrogens with zero attached hydrogens (tertiary/aromatic N) is 5. The quantitative estimate of drug-likeness (QED) is 0.511. The fourth-order valence-electron chi connectivity index (χ4n) is 4.08. The molecular weight excluding hydrogens is 398 g/mol. The molecule has 1 amide bonds. The summed E-state index contributed by atoms with van der Waals surface area (Å²) in [6.07, 6.45) is 1.55. The van der Waals surface area contributed by atoms with Gasteiger partial charge in [-0.2, -0.15) is 5.10 Å². The normalized spacial score (nSPS) is 15.0. The largest absolute Gasteiger partial charge is 0.350 e. The minimum absolute atomic E-state index is 0.0465. The topological polar surface area (TPSA) is 73.0 Å². The van der Waals surface area contributed by atoms with Crippen LogP contribution in [0.4, 0.5) is 0 Å². The van der Waals surface area contributed by atoms with Gasteiger partial charge in [-0.3, -0.25) is 4.79 Å². The van der Waals surface area contributed by atoms with Crippen LogP contribution in [0, 0.1) is 0 Å². The molecule has 1 saturated heterocycles. The summed E-state index contributed by atoms with van der Waals surface area (Å²) < 4.78 is 4.11. The Bertz CT molecular complexity index is 1270. The third-order valence-corrected chi connectivity index (χ3v) is 6.48. The number of thiazole rings is 1. The average Bonchev–Trinajstić information content (AvgIpc) is 3.38. The maximum absolute atomic E-state index is 13.0. The van der Waals surface area contributed by atoms with Crippen molar-refractivity contribution in [2.45, 2.75) is 18.8 Å². The summed E-state index contributed by atoms with van der Waals surface area (Å²) in [6.45, 7) is 1.29. The van der Waals surface area contributed by atoms with Gasteiger partial charge in [-0.25, -0.2) is 19.0 Å². The van der Waals surface area contributed by atoms with Crippen LogP contribution in [0.1, 0.15) is 34.9 Å². The second-order valence-corrected chi connectivity index (χ2v) is 8.42. The van der Waals surface area contributed by atoms with Gasteiger partial charge in [0.1, 0.15) is 5.82 Å². The van der Waals surface area contributed by atoms with Gasteiger partial charge in [0.15, 0.2) is 0 Å². The first kappa shape index (κ1) is 18.7. The van der Waals surface area contributed by atoms with Gasteiger partial charge in [-0.15, -0.1) is 11.3 Å². The molecule has 30 heavy (non-hydrogen) atoms. The molecule has 2 aromatic heterocycles. The summed E-state index contributed by atoms with van der Waals surface area (Å²) in [4.78, 5) is 31.8. The van der Waals surface area contributed by atoms with Crippen LogP contribution in [0.3, 0.4) is 0 Å². The van der Waals surface area contributed by atoms with E-state index in [0.717, 1.165) is 34.6 Å². The number of rotatable bonds is 3. The van der Waals surface area contributed by atoms with E-state index >= 15 is 0 Å². The van der Waals surface area contributed by atoms with E-state index in [0.29, 0.717) is 18.7 Å². The Kier molecular flexibility index (Phi) is 4.71. The SMILES string of the molecule is Cn1nc(C2CCN(C(=O)c3ccc4ncsc4c3)CC2)n(-c2ccccc2)c1=O. The van der Waals surface area contributed by atoms with Crippen LogP contribution in [0.2, 0.25) is 0 Å². The Labute approximate surface area is 177 Å². The minimum atomic E-state index is -0.146. The van der Waals surface area contributed by atoms with E-state index in [4.69, 9.17) is 0 Å². The molecule has 0 N–H and O–H groups in total. The Morgan fingerprint density at radius 1 is 1.10 bits per heavy atom. The third-order valence-electron chi connectivity index (χ3n) is 5.69. The number of benzene rings is 2. The maximum Gasteiger partial charge on any atom is 0.350 e. The number of carbonyl (C=O) groups excluding carboxylic acids is 1. The third kappa shape index (κ3) is 3.23. The van der Waals surface area contributed by atoms with E-state index in [2.05, 4.69) is 10.1 Å². The molecule has 1 fully saturated rings. The first-order valence-corrected chi connectivity index (χ1v) is 10.8. The predicted octanol–water partition coefficient (Wildman–Crippen LogP) is 3.20. The van der Waals surface area contributed by atoms with Crippen LogP contribution in [-0.2, 0) is 7.05 Å². The van der Waals surface area contributed by atoms with Gasteiger partial charge < -0.3 is 4.90 Å². The van der Waals surface area contributed by atoms with Gasteiger partial charge >= 0.3 is 5.69 Å². The monoisotopic (exact) mass is 419 g/mol. The van der Waals surface area contributed by atoms with Gasteiger partial charge in [0, 0.05) is 31.6 Å². The van der Waals surface area contributed by atoms with Crippen molar-refractivity contribution in [2.24, 2.45) is 7.05 Å². The number of hydrogen-bond donors (Lipinski definition) is 0. The van der Waals surface area contributed by atoms with Crippen LogP contribution < -0.4 is 5.69 Å². The molecule has 2 aromatic carbocycles. The summed E-state index contributed by atoms with van der Waals surface area (Å²) in [5, 5.41) is 4.52. The maximum atomic E-state index is 13.0. The molecule has 0 unspecified atom stereocenters. The lowest BCUT2D eigenvalue weighted by molar-refractivity contribution is 0.0710. The zero-order valence-electron chi connectivity index (χ0n) is 16.6. The van der Waals surface area contributed by atoms with Crippen LogP contribution in [-0.4, -0.2) is 43.2 Å². The van der Waals surface area contributed by atoms with Crippen molar-refractivity contribution in [3.63, 3.8) is 0 Å². The van der Waals surface area contributed by atoms with E-state index in [1.807, 2.05) is 53.4 Å². The molecule has 0 bridgehead atoms. The molecule has 0 spiro atoms. The molecule has 4 aromatic rings. The Hall–Kier alpha value is -3.26. The van der Waals surface area contributed by atoms with Crippen molar-refractivity contribution < 1.29 is 4.79 Å². The number of aryl methyl sites for hydroxylation is 1. The smallest absolute Gasteiger partial charge is 0.339 e. The molecule has 0 saturated carbocycles. The fraction of sp³-hybridized carbons (Fsp3) is 0.273. The van der Waals surface area contributed by atoms with Gasteiger partial charge in [0.25, 0.3) is 5.91 Å². The second-order valence-electron chi connectivity index (χ2n) is 7.54. The molecule has 1 aliphatic heterocycles. The Balaban J connectivity index is 1.36. The first-order chi connectivity index (χ1) is 14.6. The van der Waals surface area contributed by atoms with Crippen LogP contribution in [0.25, 0.3) is 15.9 Å². The van der Waals surface area contributed by atoms with Crippen molar-refractivity contribution in [2.75, 3.05) is 13.1 Å². The van der Waals surface area contributed by atoms with E-state index < -0.39 is 0 Å². The first-order valence-electron chi connectivity index (χ1n) is 9.96. The van der Waals surface area contributed by atoms with Crippen LogP contribution >= 0.6 is 11.3 Å². The molecule has 0 radical (unpaired) electrons. The minimum Gasteiger partial charge on any atom is -0.339 e. The van der Waals surface area contributed by atoms with Crippen molar-refractivity contribution >= 4 is 27.5 Å².